The fourth-order valence-corrected chi connectivity index (χ4v) is 2.28. The van der Waals surface area contributed by atoms with E-state index >= 15 is 0 Å². The van der Waals surface area contributed by atoms with Crippen LogP contribution in [0.5, 0.6) is 0 Å². The molecule has 2 rings (SSSR count). The molecular weight excluding hydrogens is 238 g/mol. The molecule has 1 aromatic carbocycles. The molecule has 1 aliphatic heterocycles. The molecule has 0 radical (unpaired) electrons. The minimum atomic E-state index is -0.173. The van der Waals surface area contributed by atoms with E-state index in [2.05, 4.69) is 34.3 Å². The zero-order valence-electron chi connectivity index (χ0n) is 11.8. The van der Waals surface area contributed by atoms with Crippen molar-refractivity contribution in [1.29, 1.82) is 0 Å². The summed E-state index contributed by atoms with van der Waals surface area (Å²) in [5.74, 6) is 0.938. The van der Waals surface area contributed by atoms with Gasteiger partial charge in [-0.05, 0) is 12.0 Å². The first-order valence-corrected chi connectivity index (χ1v) is 6.77. The highest BCUT2D eigenvalue weighted by atomic mass is 16.3. The van der Waals surface area contributed by atoms with Gasteiger partial charge >= 0.3 is 0 Å². The van der Waals surface area contributed by atoms with Gasteiger partial charge in [0.25, 0.3) is 0 Å². The first-order chi connectivity index (χ1) is 9.13. The van der Waals surface area contributed by atoms with Crippen molar-refractivity contribution in [3.8, 4) is 0 Å². The van der Waals surface area contributed by atoms with E-state index in [1.807, 2.05) is 25.2 Å². The summed E-state index contributed by atoms with van der Waals surface area (Å²) in [7, 11) is 2.03. The largest absolute Gasteiger partial charge is 0.396 e. The van der Waals surface area contributed by atoms with Gasteiger partial charge in [-0.25, -0.2) is 0 Å². The summed E-state index contributed by atoms with van der Waals surface area (Å²) >= 11 is 0. The molecule has 2 N–H and O–H groups in total. The Morgan fingerprint density at radius 3 is 2.68 bits per heavy atom. The molecule has 0 amide bonds. The molecule has 19 heavy (non-hydrogen) atoms. The summed E-state index contributed by atoms with van der Waals surface area (Å²) in [6.45, 7) is 4.81. The number of hydrogen-bond donors (Lipinski definition) is 2. The number of aliphatic imine (C=N–C) groups is 1. The van der Waals surface area contributed by atoms with E-state index in [0.29, 0.717) is 0 Å². The van der Waals surface area contributed by atoms with Gasteiger partial charge in [0.05, 0.1) is 13.2 Å². The Kier molecular flexibility index (Phi) is 4.43. The number of hydrogen-bond acceptors (Lipinski definition) is 4. The third-order valence-corrected chi connectivity index (χ3v) is 3.59. The van der Waals surface area contributed by atoms with Crippen molar-refractivity contribution in [3.05, 3.63) is 35.9 Å². The van der Waals surface area contributed by atoms with Gasteiger partial charge in [-0.1, -0.05) is 37.3 Å². The van der Waals surface area contributed by atoms with Crippen LogP contribution >= 0.6 is 0 Å². The zero-order chi connectivity index (χ0) is 13.7. The second kappa shape index (κ2) is 6.06. The van der Waals surface area contributed by atoms with E-state index in [1.165, 1.54) is 5.56 Å². The topological polar surface area (TPSA) is 47.9 Å². The monoisotopic (exact) mass is 261 g/mol. The first kappa shape index (κ1) is 13.9. The highest BCUT2D eigenvalue weighted by Gasteiger charge is 2.25. The summed E-state index contributed by atoms with van der Waals surface area (Å²) in [5, 5.41) is 13.1. The van der Waals surface area contributed by atoms with E-state index in [0.717, 1.165) is 32.0 Å². The Hall–Kier alpha value is -1.55. The molecule has 1 unspecified atom stereocenters. The molecule has 0 aromatic heterocycles. The third kappa shape index (κ3) is 3.70. The van der Waals surface area contributed by atoms with E-state index in [1.54, 1.807) is 0 Å². The van der Waals surface area contributed by atoms with E-state index in [-0.39, 0.29) is 12.0 Å². The van der Waals surface area contributed by atoms with Gasteiger partial charge in [-0.3, -0.25) is 4.99 Å². The van der Waals surface area contributed by atoms with Gasteiger partial charge in [0.15, 0.2) is 5.96 Å². The van der Waals surface area contributed by atoms with Gasteiger partial charge in [-0.15, -0.1) is 0 Å². The quantitative estimate of drug-likeness (QED) is 0.835. The van der Waals surface area contributed by atoms with Crippen LogP contribution in [0, 0.1) is 5.41 Å². The maximum Gasteiger partial charge on any atom is 0.193 e. The minimum absolute atomic E-state index is 0.159. The van der Waals surface area contributed by atoms with E-state index < -0.39 is 0 Å². The van der Waals surface area contributed by atoms with E-state index in [4.69, 9.17) is 0 Å². The molecule has 0 aliphatic carbocycles. The molecule has 4 nitrogen and oxygen atoms in total. The van der Waals surface area contributed by atoms with Crippen molar-refractivity contribution in [2.45, 2.75) is 13.3 Å². The molecule has 1 aliphatic rings. The van der Waals surface area contributed by atoms with Crippen LogP contribution in [0.1, 0.15) is 12.5 Å². The zero-order valence-corrected chi connectivity index (χ0v) is 11.8. The molecule has 1 atom stereocenters. The molecule has 4 heteroatoms. The van der Waals surface area contributed by atoms with Crippen LogP contribution in [-0.2, 0) is 6.42 Å². The molecule has 0 spiro atoms. The van der Waals surface area contributed by atoms with E-state index in [9.17, 15) is 5.11 Å². The van der Waals surface area contributed by atoms with Crippen LogP contribution in [-0.4, -0.2) is 49.3 Å². The third-order valence-electron chi connectivity index (χ3n) is 3.59. The highest BCUT2D eigenvalue weighted by molar-refractivity contribution is 5.81. The summed E-state index contributed by atoms with van der Waals surface area (Å²) in [4.78, 5) is 6.52. The lowest BCUT2D eigenvalue weighted by Gasteiger charge is -2.29. The predicted octanol–water partition coefficient (Wildman–Crippen LogP) is 1.12. The Labute approximate surface area is 115 Å². The van der Waals surface area contributed by atoms with Crippen LogP contribution < -0.4 is 5.32 Å². The lowest BCUT2D eigenvalue weighted by Crippen LogP contribution is -2.43. The molecule has 0 saturated carbocycles. The average molecular weight is 261 g/mol. The summed E-state index contributed by atoms with van der Waals surface area (Å²) in [6, 6.07) is 10.3. The smallest absolute Gasteiger partial charge is 0.193 e. The fraction of sp³-hybridized carbons (Fsp3) is 0.533. The van der Waals surface area contributed by atoms with Gasteiger partial charge in [0, 0.05) is 25.6 Å². The Bertz CT molecular complexity index is 432. The van der Waals surface area contributed by atoms with Crippen molar-refractivity contribution in [2.24, 2.45) is 10.4 Å². The van der Waals surface area contributed by atoms with Crippen LogP contribution in [0.3, 0.4) is 0 Å². The number of aliphatic hydroxyl groups excluding tert-OH is 1. The van der Waals surface area contributed by atoms with Crippen LogP contribution in [0.15, 0.2) is 35.3 Å². The fourth-order valence-electron chi connectivity index (χ4n) is 2.28. The van der Waals surface area contributed by atoms with Crippen molar-refractivity contribution < 1.29 is 5.11 Å². The van der Waals surface area contributed by atoms with Gasteiger partial charge < -0.3 is 15.3 Å². The van der Waals surface area contributed by atoms with Crippen molar-refractivity contribution in [2.75, 3.05) is 33.3 Å². The summed E-state index contributed by atoms with van der Waals surface area (Å²) in [6.07, 6.45) is 0.855. The molecule has 0 saturated heterocycles. The maximum atomic E-state index is 9.69. The minimum Gasteiger partial charge on any atom is -0.396 e. The SMILES string of the molecule is CN1CCN=C1NCC(C)(CO)Cc1ccccc1. The Morgan fingerprint density at radius 2 is 2.11 bits per heavy atom. The molecule has 1 heterocycles. The van der Waals surface area contributed by atoms with Crippen LogP contribution in [0.4, 0.5) is 0 Å². The maximum absolute atomic E-state index is 9.69. The van der Waals surface area contributed by atoms with Crippen molar-refractivity contribution in [3.63, 3.8) is 0 Å². The van der Waals surface area contributed by atoms with Crippen molar-refractivity contribution in [1.82, 2.24) is 10.2 Å². The normalized spacial score (nSPS) is 18.1. The standard InChI is InChI=1S/C15H23N3O/c1-15(12-19,10-13-6-4-3-5-7-13)11-17-14-16-8-9-18(14)2/h3-7,19H,8-12H2,1-2H3,(H,16,17). The second-order valence-corrected chi connectivity index (χ2v) is 5.61. The lowest BCUT2D eigenvalue weighted by atomic mass is 9.84. The summed E-state index contributed by atoms with van der Waals surface area (Å²) < 4.78 is 0. The molecule has 0 fully saturated rings. The Balaban J connectivity index is 1.94. The number of aliphatic hydroxyl groups is 1. The van der Waals surface area contributed by atoms with Crippen LogP contribution in [0.25, 0.3) is 0 Å². The number of benzene rings is 1. The highest BCUT2D eigenvalue weighted by Crippen LogP contribution is 2.21. The number of guanidine groups is 1. The van der Waals surface area contributed by atoms with Crippen LogP contribution in [0.2, 0.25) is 0 Å². The number of nitrogens with one attached hydrogen (secondary N) is 1. The first-order valence-electron chi connectivity index (χ1n) is 6.77. The molecule has 0 bridgehead atoms. The number of nitrogens with zero attached hydrogens (tertiary/aromatic N) is 2. The van der Waals surface area contributed by atoms with Crippen molar-refractivity contribution >= 4 is 5.96 Å². The average Bonchev–Trinajstić information content (AvgIpc) is 2.83. The van der Waals surface area contributed by atoms with Gasteiger partial charge in [-0.2, -0.15) is 0 Å². The molecule has 104 valence electrons. The second-order valence-electron chi connectivity index (χ2n) is 5.61. The predicted molar refractivity (Wildman–Crippen MR) is 78.3 cm³/mol. The number of likely N-dealkylation sites (N-methyl/N-ethyl adjacent to an activating group) is 1. The molecule has 1 aromatic rings. The van der Waals surface area contributed by atoms with Gasteiger partial charge in [0.2, 0.25) is 0 Å². The molecular formula is C15H23N3O. The summed E-state index contributed by atoms with van der Waals surface area (Å²) in [5.41, 5.74) is 1.08. The Morgan fingerprint density at radius 1 is 1.37 bits per heavy atom. The number of rotatable bonds is 5. The lowest BCUT2D eigenvalue weighted by molar-refractivity contribution is 0.144. The van der Waals surface area contributed by atoms with Gasteiger partial charge in [0.1, 0.15) is 0 Å².